The maximum absolute atomic E-state index is 12.1. The lowest BCUT2D eigenvalue weighted by Crippen LogP contribution is -2.11. The number of hydrogen-bond donors (Lipinski definition) is 1. The fourth-order valence-electron chi connectivity index (χ4n) is 1.78. The van der Waals surface area contributed by atoms with Crippen LogP contribution in [0, 0.1) is 0 Å². The Morgan fingerprint density at radius 1 is 0.818 bits per heavy atom. The molecule has 0 aliphatic rings. The summed E-state index contributed by atoms with van der Waals surface area (Å²) in [6, 6.07) is 10.7. The number of nitrogens with two attached hydrogens (primary N) is 1. The van der Waals surface area contributed by atoms with Crippen LogP contribution >= 0.6 is 0 Å². The van der Waals surface area contributed by atoms with E-state index in [2.05, 4.69) is 0 Å². The Kier molecular flexibility index (Phi) is 4.63. The van der Waals surface area contributed by atoms with Crippen molar-refractivity contribution in [3.05, 3.63) is 53.6 Å². The number of hydrogen-bond acceptors (Lipinski definition) is 5. The predicted molar refractivity (Wildman–Crippen MR) is 79.5 cm³/mol. The Morgan fingerprint density at radius 2 is 1.36 bits per heavy atom. The fourth-order valence-corrected chi connectivity index (χ4v) is 1.78. The Morgan fingerprint density at radius 3 is 1.82 bits per heavy atom. The smallest absolute Gasteiger partial charge is 0.343 e. The number of benzene rings is 2. The molecule has 0 atom stereocenters. The topological polar surface area (TPSA) is 87.8 Å². The van der Waals surface area contributed by atoms with Gasteiger partial charge < -0.3 is 19.9 Å². The zero-order valence-electron chi connectivity index (χ0n) is 12.2. The van der Waals surface area contributed by atoms with Crippen LogP contribution in [0.5, 0.6) is 17.2 Å². The van der Waals surface area contributed by atoms with Gasteiger partial charge in [-0.15, -0.1) is 0 Å². The zero-order chi connectivity index (χ0) is 16.1. The minimum atomic E-state index is -0.566. The van der Waals surface area contributed by atoms with Gasteiger partial charge in [0.15, 0.2) is 0 Å². The lowest BCUT2D eigenvalue weighted by Gasteiger charge is -2.08. The summed E-state index contributed by atoms with van der Waals surface area (Å²) in [5.41, 5.74) is 5.77. The molecule has 0 heterocycles. The Hall–Kier alpha value is -3.02. The van der Waals surface area contributed by atoms with E-state index in [0.29, 0.717) is 22.8 Å². The molecule has 0 radical (unpaired) electrons. The van der Waals surface area contributed by atoms with Crippen molar-refractivity contribution in [2.75, 3.05) is 14.2 Å². The molecule has 6 nitrogen and oxygen atoms in total. The molecule has 2 N–H and O–H groups in total. The van der Waals surface area contributed by atoms with Gasteiger partial charge in [0.05, 0.1) is 19.8 Å². The monoisotopic (exact) mass is 301 g/mol. The summed E-state index contributed by atoms with van der Waals surface area (Å²) in [6.07, 6.45) is 0. The van der Waals surface area contributed by atoms with E-state index in [4.69, 9.17) is 19.9 Å². The highest BCUT2D eigenvalue weighted by Crippen LogP contribution is 2.23. The van der Waals surface area contributed by atoms with Gasteiger partial charge in [-0.05, 0) is 36.4 Å². The van der Waals surface area contributed by atoms with Crippen molar-refractivity contribution < 1.29 is 23.8 Å². The molecule has 0 saturated carbocycles. The average Bonchev–Trinajstić information content (AvgIpc) is 2.54. The third-order valence-electron chi connectivity index (χ3n) is 2.94. The Balaban J connectivity index is 2.19. The van der Waals surface area contributed by atoms with Crippen molar-refractivity contribution >= 4 is 11.9 Å². The van der Waals surface area contributed by atoms with Crippen molar-refractivity contribution in [1.82, 2.24) is 0 Å². The summed E-state index contributed by atoms with van der Waals surface area (Å²) in [7, 11) is 2.99. The lowest BCUT2D eigenvalue weighted by molar-refractivity contribution is 0.0734. The van der Waals surface area contributed by atoms with E-state index in [0.717, 1.165) is 0 Å². The summed E-state index contributed by atoms with van der Waals surface area (Å²) in [5.74, 6) is 0.155. The Bertz CT molecular complexity index is 672. The molecule has 0 fully saturated rings. The molecule has 0 aliphatic carbocycles. The van der Waals surface area contributed by atoms with E-state index >= 15 is 0 Å². The number of amides is 1. The van der Waals surface area contributed by atoms with Crippen molar-refractivity contribution in [2.45, 2.75) is 0 Å². The molecule has 2 rings (SSSR count). The number of carbonyl (C=O) groups excluding carboxylic acids is 2. The van der Waals surface area contributed by atoms with E-state index in [1.807, 2.05) is 0 Å². The molecule has 0 unspecified atom stereocenters. The van der Waals surface area contributed by atoms with Crippen molar-refractivity contribution in [3.8, 4) is 17.2 Å². The summed E-state index contributed by atoms with van der Waals surface area (Å²) < 4.78 is 15.4. The maximum atomic E-state index is 12.1. The first-order valence-electron chi connectivity index (χ1n) is 6.38. The minimum Gasteiger partial charge on any atom is -0.497 e. The van der Waals surface area contributed by atoms with E-state index in [-0.39, 0.29) is 5.56 Å². The van der Waals surface area contributed by atoms with Crippen LogP contribution in [0.2, 0.25) is 0 Å². The van der Waals surface area contributed by atoms with Gasteiger partial charge in [0, 0.05) is 11.6 Å². The van der Waals surface area contributed by atoms with Gasteiger partial charge in [-0.25, -0.2) is 4.79 Å². The molecule has 0 saturated heterocycles. The van der Waals surface area contributed by atoms with Crippen LogP contribution in [0.25, 0.3) is 0 Å². The summed E-state index contributed by atoms with van der Waals surface area (Å²) in [5, 5.41) is 0. The molecule has 2 aromatic rings. The van der Waals surface area contributed by atoms with Crippen LogP contribution in [-0.4, -0.2) is 26.1 Å². The molecule has 0 aromatic heterocycles. The fraction of sp³-hybridized carbons (Fsp3) is 0.125. The number of ether oxygens (including phenoxy) is 3. The van der Waals surface area contributed by atoms with Gasteiger partial charge in [0.2, 0.25) is 5.91 Å². The van der Waals surface area contributed by atoms with E-state index in [1.165, 1.54) is 38.5 Å². The highest BCUT2D eigenvalue weighted by molar-refractivity contribution is 5.94. The summed E-state index contributed by atoms with van der Waals surface area (Å²) >= 11 is 0. The standard InChI is InChI=1S/C16H15NO5/c1-20-13-7-11(8-14(9-13)21-2)16(19)22-12-5-3-10(4-6-12)15(17)18/h3-9H,1-2H3,(H2,17,18). The van der Waals surface area contributed by atoms with Gasteiger partial charge in [0.1, 0.15) is 17.2 Å². The van der Waals surface area contributed by atoms with Gasteiger partial charge in [-0.3, -0.25) is 4.79 Å². The van der Waals surface area contributed by atoms with Crippen LogP contribution in [0.4, 0.5) is 0 Å². The third-order valence-corrected chi connectivity index (χ3v) is 2.94. The van der Waals surface area contributed by atoms with Gasteiger partial charge in [-0.2, -0.15) is 0 Å². The predicted octanol–water partition coefficient (Wildman–Crippen LogP) is 2.02. The zero-order valence-corrected chi connectivity index (χ0v) is 12.2. The number of methoxy groups -OCH3 is 2. The van der Waals surface area contributed by atoms with Crippen molar-refractivity contribution in [2.24, 2.45) is 5.73 Å². The molecular formula is C16H15NO5. The first kappa shape index (κ1) is 15.4. The van der Waals surface area contributed by atoms with Gasteiger partial charge in [-0.1, -0.05) is 0 Å². The van der Waals surface area contributed by atoms with E-state index in [1.54, 1.807) is 18.2 Å². The summed E-state index contributed by atoms with van der Waals surface area (Å²) in [4.78, 5) is 23.1. The molecule has 2 aromatic carbocycles. The highest BCUT2D eigenvalue weighted by atomic mass is 16.5. The second-order valence-electron chi connectivity index (χ2n) is 4.38. The lowest BCUT2D eigenvalue weighted by atomic mass is 10.2. The minimum absolute atomic E-state index is 0.287. The maximum Gasteiger partial charge on any atom is 0.343 e. The third kappa shape index (κ3) is 3.54. The van der Waals surface area contributed by atoms with Crippen LogP contribution in [0.15, 0.2) is 42.5 Å². The van der Waals surface area contributed by atoms with Crippen molar-refractivity contribution in [3.63, 3.8) is 0 Å². The van der Waals surface area contributed by atoms with Crippen LogP contribution in [-0.2, 0) is 0 Å². The molecule has 114 valence electrons. The second-order valence-corrected chi connectivity index (χ2v) is 4.38. The first-order valence-corrected chi connectivity index (χ1v) is 6.38. The Labute approximate surface area is 127 Å². The van der Waals surface area contributed by atoms with Crippen molar-refractivity contribution in [1.29, 1.82) is 0 Å². The first-order chi connectivity index (χ1) is 10.5. The number of rotatable bonds is 5. The quantitative estimate of drug-likeness (QED) is 0.674. The molecule has 0 bridgehead atoms. The van der Waals surface area contributed by atoms with Crippen LogP contribution in [0.1, 0.15) is 20.7 Å². The second kappa shape index (κ2) is 6.62. The molecule has 1 amide bonds. The number of primary amides is 1. The van der Waals surface area contributed by atoms with Gasteiger partial charge in [0.25, 0.3) is 0 Å². The molecule has 6 heteroatoms. The van der Waals surface area contributed by atoms with E-state index in [9.17, 15) is 9.59 Å². The number of carbonyl (C=O) groups is 2. The summed E-state index contributed by atoms with van der Waals surface area (Å²) in [6.45, 7) is 0. The number of esters is 1. The van der Waals surface area contributed by atoms with Gasteiger partial charge >= 0.3 is 5.97 Å². The molecule has 0 spiro atoms. The normalized spacial score (nSPS) is 9.91. The average molecular weight is 301 g/mol. The van der Waals surface area contributed by atoms with Crippen LogP contribution in [0.3, 0.4) is 0 Å². The molecule has 0 aliphatic heterocycles. The molecular weight excluding hydrogens is 286 g/mol. The van der Waals surface area contributed by atoms with Crippen LogP contribution < -0.4 is 19.9 Å². The highest BCUT2D eigenvalue weighted by Gasteiger charge is 2.12. The van der Waals surface area contributed by atoms with E-state index < -0.39 is 11.9 Å². The largest absolute Gasteiger partial charge is 0.497 e. The molecule has 22 heavy (non-hydrogen) atoms. The SMILES string of the molecule is COc1cc(OC)cc(C(=O)Oc2ccc(C(N)=O)cc2)c1.